The molecule has 0 radical (unpaired) electrons. The molecule has 0 aliphatic carbocycles. The lowest BCUT2D eigenvalue weighted by atomic mass is 10.1. The van der Waals surface area contributed by atoms with E-state index in [1.807, 2.05) is 6.07 Å². The highest BCUT2D eigenvalue weighted by molar-refractivity contribution is 7.89. The van der Waals surface area contributed by atoms with Crippen molar-refractivity contribution in [1.29, 1.82) is 0 Å². The highest BCUT2D eigenvalue weighted by Gasteiger charge is 2.27. The number of nitro benzene ring substituents is 1. The van der Waals surface area contributed by atoms with E-state index in [9.17, 15) is 18.5 Å². The van der Waals surface area contributed by atoms with Crippen LogP contribution in [-0.2, 0) is 16.4 Å². The lowest BCUT2D eigenvalue weighted by molar-refractivity contribution is -0.387. The third-order valence-electron chi connectivity index (χ3n) is 3.44. The molecule has 134 valence electrons. The molecule has 1 atom stereocenters. The van der Waals surface area contributed by atoms with Crippen LogP contribution in [0.25, 0.3) is 0 Å². The Morgan fingerprint density at radius 1 is 1.28 bits per heavy atom. The Bertz CT molecular complexity index is 886. The van der Waals surface area contributed by atoms with Gasteiger partial charge >= 0.3 is 0 Å². The predicted octanol–water partition coefficient (Wildman–Crippen LogP) is 3.17. The zero-order valence-electron chi connectivity index (χ0n) is 13.6. The molecule has 1 unspecified atom stereocenters. The van der Waals surface area contributed by atoms with Crippen molar-refractivity contribution in [3.63, 3.8) is 0 Å². The average molecular weight is 385 g/mol. The minimum absolute atomic E-state index is 0.103. The quantitative estimate of drug-likeness (QED) is 0.584. The number of halogens is 1. The van der Waals surface area contributed by atoms with Gasteiger partial charge in [0.15, 0.2) is 4.90 Å². The van der Waals surface area contributed by atoms with Gasteiger partial charge in [-0.3, -0.25) is 10.1 Å². The van der Waals surface area contributed by atoms with Crippen molar-refractivity contribution in [1.82, 2.24) is 4.72 Å². The van der Waals surface area contributed by atoms with Crippen LogP contribution in [0.5, 0.6) is 5.75 Å². The molecule has 0 aromatic heterocycles. The summed E-state index contributed by atoms with van der Waals surface area (Å²) < 4.78 is 32.7. The molecule has 0 saturated carbocycles. The summed E-state index contributed by atoms with van der Waals surface area (Å²) in [5, 5.41) is 11.2. The second-order valence-electron chi connectivity index (χ2n) is 5.45. The van der Waals surface area contributed by atoms with E-state index >= 15 is 0 Å². The molecule has 0 saturated heterocycles. The smallest absolute Gasteiger partial charge is 0.289 e. The molecule has 0 bridgehead atoms. The van der Waals surface area contributed by atoms with Gasteiger partial charge in [-0.05, 0) is 43.2 Å². The number of benzene rings is 2. The van der Waals surface area contributed by atoms with Crippen molar-refractivity contribution in [2.45, 2.75) is 24.3 Å². The maximum atomic E-state index is 12.5. The maximum Gasteiger partial charge on any atom is 0.289 e. The average Bonchev–Trinajstić information content (AvgIpc) is 2.54. The second kappa shape index (κ2) is 7.81. The Morgan fingerprint density at radius 3 is 2.64 bits per heavy atom. The number of hydrogen-bond donors (Lipinski definition) is 1. The van der Waals surface area contributed by atoms with Gasteiger partial charge in [0.05, 0.1) is 12.0 Å². The van der Waals surface area contributed by atoms with Gasteiger partial charge in [0.1, 0.15) is 5.75 Å². The van der Waals surface area contributed by atoms with Crippen molar-refractivity contribution >= 4 is 27.3 Å². The van der Waals surface area contributed by atoms with Crippen LogP contribution in [0.3, 0.4) is 0 Å². The van der Waals surface area contributed by atoms with Crippen LogP contribution in [0, 0.1) is 10.1 Å². The van der Waals surface area contributed by atoms with Gasteiger partial charge in [-0.2, -0.15) is 0 Å². The molecular weight excluding hydrogens is 368 g/mol. The summed E-state index contributed by atoms with van der Waals surface area (Å²) in [7, 11) is -2.56. The summed E-state index contributed by atoms with van der Waals surface area (Å²) in [6.45, 7) is 1.67. The summed E-state index contributed by atoms with van der Waals surface area (Å²) in [6, 6.07) is 10.2. The molecular formula is C16H17ClN2O5S. The number of ether oxygens (including phenoxy) is 1. The first-order chi connectivity index (χ1) is 11.7. The highest BCUT2D eigenvalue weighted by atomic mass is 35.5. The second-order valence-corrected chi connectivity index (χ2v) is 7.57. The van der Waals surface area contributed by atoms with Crippen LogP contribution in [-0.4, -0.2) is 26.5 Å². The summed E-state index contributed by atoms with van der Waals surface area (Å²) in [5.41, 5.74) is 0.348. The molecule has 0 spiro atoms. The van der Waals surface area contributed by atoms with Crippen molar-refractivity contribution in [2.24, 2.45) is 0 Å². The van der Waals surface area contributed by atoms with E-state index in [4.69, 9.17) is 16.3 Å². The monoisotopic (exact) mass is 384 g/mol. The van der Waals surface area contributed by atoms with Crippen molar-refractivity contribution in [2.75, 3.05) is 7.11 Å². The summed E-state index contributed by atoms with van der Waals surface area (Å²) in [4.78, 5) is 9.88. The Balaban J connectivity index is 2.23. The van der Waals surface area contributed by atoms with E-state index in [0.29, 0.717) is 12.2 Å². The fourth-order valence-electron chi connectivity index (χ4n) is 2.38. The van der Waals surface area contributed by atoms with E-state index in [2.05, 4.69) is 4.72 Å². The number of nitrogens with one attached hydrogen (secondary N) is 1. The van der Waals surface area contributed by atoms with Gasteiger partial charge in [0.2, 0.25) is 10.0 Å². The molecule has 0 fully saturated rings. The summed E-state index contributed by atoms with van der Waals surface area (Å²) >= 11 is 5.80. The fraction of sp³-hybridized carbons (Fsp3) is 0.250. The molecule has 1 N–H and O–H groups in total. The zero-order valence-corrected chi connectivity index (χ0v) is 15.2. The van der Waals surface area contributed by atoms with Gasteiger partial charge in [-0.1, -0.05) is 23.7 Å². The van der Waals surface area contributed by atoms with Crippen LogP contribution < -0.4 is 9.46 Å². The SMILES string of the molecule is COc1cccc(CC(C)NS(=O)(=O)c2cc(Cl)ccc2[N+](=O)[O-])c1. The van der Waals surface area contributed by atoms with Crippen LogP contribution in [0.15, 0.2) is 47.4 Å². The Hall–Kier alpha value is -2.16. The Kier molecular flexibility index (Phi) is 5.99. The van der Waals surface area contributed by atoms with Gasteiger partial charge in [-0.15, -0.1) is 0 Å². The van der Waals surface area contributed by atoms with E-state index < -0.39 is 31.6 Å². The molecule has 0 aliphatic heterocycles. The van der Waals surface area contributed by atoms with Gasteiger partial charge in [0.25, 0.3) is 5.69 Å². The number of methoxy groups -OCH3 is 1. The minimum Gasteiger partial charge on any atom is -0.497 e. The van der Waals surface area contributed by atoms with Crippen molar-refractivity contribution in [3.05, 3.63) is 63.2 Å². The minimum atomic E-state index is -4.10. The van der Waals surface area contributed by atoms with Crippen LogP contribution >= 0.6 is 11.6 Å². The first-order valence-corrected chi connectivity index (χ1v) is 9.18. The molecule has 0 heterocycles. The molecule has 9 heteroatoms. The standard InChI is InChI=1S/C16H17ClN2O5S/c1-11(8-12-4-3-5-14(9-12)24-2)18-25(22,23)16-10-13(17)6-7-15(16)19(20)21/h3-7,9-11,18H,8H2,1-2H3. The highest BCUT2D eigenvalue weighted by Crippen LogP contribution is 2.27. The number of hydrogen-bond acceptors (Lipinski definition) is 5. The van der Waals surface area contributed by atoms with E-state index in [0.717, 1.165) is 17.7 Å². The number of nitrogens with zero attached hydrogens (tertiary/aromatic N) is 1. The third-order valence-corrected chi connectivity index (χ3v) is 5.29. The topological polar surface area (TPSA) is 98.5 Å². The number of sulfonamides is 1. The van der Waals surface area contributed by atoms with Crippen LogP contribution in [0.1, 0.15) is 12.5 Å². The summed E-state index contributed by atoms with van der Waals surface area (Å²) in [6.07, 6.45) is 0.394. The maximum absolute atomic E-state index is 12.5. The van der Waals surface area contributed by atoms with Gasteiger partial charge < -0.3 is 4.74 Å². The van der Waals surface area contributed by atoms with E-state index in [-0.39, 0.29) is 5.02 Å². The zero-order chi connectivity index (χ0) is 18.6. The first kappa shape index (κ1) is 19.2. The van der Waals surface area contributed by atoms with Gasteiger partial charge in [0, 0.05) is 17.1 Å². The fourth-order valence-corrected chi connectivity index (χ4v) is 4.05. The molecule has 0 aliphatic rings. The van der Waals surface area contributed by atoms with Gasteiger partial charge in [-0.25, -0.2) is 13.1 Å². The third kappa shape index (κ3) is 4.91. The van der Waals surface area contributed by atoms with Crippen LogP contribution in [0.4, 0.5) is 5.69 Å². The first-order valence-electron chi connectivity index (χ1n) is 7.32. The lowest BCUT2D eigenvalue weighted by Gasteiger charge is -2.15. The molecule has 2 rings (SSSR count). The molecule has 2 aromatic rings. The summed E-state index contributed by atoms with van der Waals surface area (Å²) in [5.74, 6) is 0.665. The molecule has 7 nitrogen and oxygen atoms in total. The number of rotatable bonds is 7. The van der Waals surface area contributed by atoms with E-state index in [1.54, 1.807) is 32.2 Å². The van der Waals surface area contributed by atoms with Crippen molar-refractivity contribution < 1.29 is 18.1 Å². The van der Waals surface area contributed by atoms with Crippen molar-refractivity contribution in [3.8, 4) is 5.75 Å². The van der Waals surface area contributed by atoms with Crippen LogP contribution in [0.2, 0.25) is 5.02 Å². The Labute approximate surface area is 150 Å². The van der Waals surface area contributed by atoms with E-state index in [1.165, 1.54) is 6.07 Å². The lowest BCUT2D eigenvalue weighted by Crippen LogP contribution is -2.34. The largest absolute Gasteiger partial charge is 0.497 e. The normalized spacial score (nSPS) is 12.6. The molecule has 25 heavy (non-hydrogen) atoms. The Morgan fingerprint density at radius 2 is 2.00 bits per heavy atom. The predicted molar refractivity (Wildman–Crippen MR) is 94.6 cm³/mol. The molecule has 0 amide bonds. The molecule has 2 aromatic carbocycles. The number of nitro groups is 1.